The van der Waals surface area contributed by atoms with Crippen LogP contribution in [0.15, 0.2) is 46.9 Å². The summed E-state index contributed by atoms with van der Waals surface area (Å²) in [6.45, 7) is 2.59. The summed E-state index contributed by atoms with van der Waals surface area (Å²) in [6.07, 6.45) is -1.62. The fourth-order valence-corrected chi connectivity index (χ4v) is 4.71. The zero-order chi connectivity index (χ0) is 25.4. The van der Waals surface area contributed by atoms with Gasteiger partial charge in [0.1, 0.15) is 17.2 Å². The van der Waals surface area contributed by atoms with Gasteiger partial charge in [0.2, 0.25) is 0 Å². The van der Waals surface area contributed by atoms with Crippen molar-refractivity contribution in [2.45, 2.75) is 32.0 Å². The summed E-state index contributed by atoms with van der Waals surface area (Å²) in [5.74, 6) is -4.59. The Morgan fingerprint density at radius 2 is 1.75 bits per heavy atom. The minimum Gasteiger partial charge on any atom is -0.456 e. The molecule has 0 bridgehead atoms. The number of hydrogen-bond donors (Lipinski definition) is 0. The van der Waals surface area contributed by atoms with Crippen molar-refractivity contribution in [1.82, 2.24) is 4.90 Å². The molecule has 2 aromatic carbocycles. The molecule has 3 heterocycles. The smallest absolute Gasteiger partial charge is 0.456 e. The predicted octanol–water partition coefficient (Wildman–Crippen LogP) is 5.29. The average Bonchev–Trinajstić information content (AvgIpc) is 3.24. The number of nitrogens with zero attached hydrogens (tertiary/aromatic N) is 2. The van der Waals surface area contributed by atoms with E-state index in [1.165, 1.54) is 25.3 Å². The summed E-state index contributed by atoms with van der Waals surface area (Å²) in [4.78, 5) is 26.6. The van der Waals surface area contributed by atoms with Gasteiger partial charge >= 0.3 is 18.1 Å². The van der Waals surface area contributed by atoms with E-state index in [0.717, 1.165) is 24.2 Å². The molecule has 0 N–H and O–H groups in total. The van der Waals surface area contributed by atoms with Gasteiger partial charge in [0.05, 0.1) is 11.5 Å². The third-order valence-corrected chi connectivity index (χ3v) is 6.64. The highest BCUT2D eigenvalue weighted by molar-refractivity contribution is 5.90. The third-order valence-electron chi connectivity index (χ3n) is 6.64. The van der Waals surface area contributed by atoms with Crippen molar-refractivity contribution in [2.24, 2.45) is 5.92 Å². The molecule has 5 rings (SSSR count). The minimum atomic E-state index is -5.21. The standard InChI is InChI=1S/C26H24F4N2O4/c27-21-10-16(13-31-14-18(15-31)24(33)36-25(34)26(28,29)30)4-6-20(21)23-12-17-11-19(5-7-22(17)35-23)32-8-2-1-3-9-32/h4-7,10-12,18H,1-3,8-9,13-15H2. The molecule has 0 radical (unpaired) electrons. The maximum Gasteiger partial charge on any atom is 0.491 e. The monoisotopic (exact) mass is 504 g/mol. The maximum atomic E-state index is 15.0. The number of esters is 2. The van der Waals surface area contributed by atoms with Gasteiger partial charge in [-0.05, 0) is 61.2 Å². The lowest BCUT2D eigenvalue weighted by Gasteiger charge is -2.37. The number of hydrogen-bond acceptors (Lipinski definition) is 6. The van der Waals surface area contributed by atoms with E-state index in [9.17, 15) is 27.2 Å². The van der Waals surface area contributed by atoms with Crippen LogP contribution in [-0.4, -0.2) is 49.2 Å². The van der Waals surface area contributed by atoms with E-state index < -0.39 is 29.9 Å². The molecule has 0 aliphatic carbocycles. The summed E-state index contributed by atoms with van der Waals surface area (Å²) in [6, 6.07) is 12.6. The Labute approximate surface area is 204 Å². The number of carbonyl (C=O) groups is 2. The average molecular weight is 504 g/mol. The van der Waals surface area contributed by atoms with Crippen LogP contribution in [0.3, 0.4) is 0 Å². The van der Waals surface area contributed by atoms with Gasteiger partial charge < -0.3 is 14.1 Å². The highest BCUT2D eigenvalue weighted by atomic mass is 19.4. The fourth-order valence-electron chi connectivity index (χ4n) is 4.71. The van der Waals surface area contributed by atoms with E-state index in [2.05, 4.69) is 15.7 Å². The molecule has 0 atom stereocenters. The van der Waals surface area contributed by atoms with Gasteiger partial charge in [0.25, 0.3) is 0 Å². The van der Waals surface area contributed by atoms with Crippen molar-refractivity contribution in [1.29, 1.82) is 0 Å². The maximum absolute atomic E-state index is 15.0. The Morgan fingerprint density at radius 1 is 1.00 bits per heavy atom. The second-order valence-corrected chi connectivity index (χ2v) is 9.29. The van der Waals surface area contributed by atoms with Crippen molar-refractivity contribution in [3.8, 4) is 11.3 Å². The van der Waals surface area contributed by atoms with Gasteiger partial charge in [-0.1, -0.05) is 6.07 Å². The van der Waals surface area contributed by atoms with E-state index >= 15 is 0 Å². The van der Waals surface area contributed by atoms with Gasteiger partial charge in [0, 0.05) is 43.8 Å². The Balaban J connectivity index is 1.21. The molecule has 0 amide bonds. The van der Waals surface area contributed by atoms with Crippen LogP contribution in [0.2, 0.25) is 0 Å². The normalized spacial score (nSPS) is 17.3. The predicted molar refractivity (Wildman–Crippen MR) is 124 cm³/mol. The van der Waals surface area contributed by atoms with Crippen LogP contribution in [0.25, 0.3) is 22.3 Å². The number of piperidine rings is 1. The summed E-state index contributed by atoms with van der Waals surface area (Å²) in [5.41, 5.74) is 2.77. The zero-order valence-corrected chi connectivity index (χ0v) is 19.3. The first-order valence-corrected chi connectivity index (χ1v) is 11.8. The van der Waals surface area contributed by atoms with Crippen molar-refractivity contribution in [3.05, 3.63) is 53.8 Å². The molecular formula is C26H24F4N2O4. The lowest BCUT2D eigenvalue weighted by atomic mass is 9.99. The van der Waals surface area contributed by atoms with Gasteiger partial charge in [-0.2, -0.15) is 13.2 Å². The lowest BCUT2D eigenvalue weighted by molar-refractivity contribution is -0.204. The Hall–Kier alpha value is -3.40. The summed E-state index contributed by atoms with van der Waals surface area (Å²) in [7, 11) is 0. The molecule has 1 aromatic heterocycles. The molecule has 3 aromatic rings. The number of halogens is 4. The van der Waals surface area contributed by atoms with Gasteiger partial charge in [-0.3, -0.25) is 9.69 Å². The summed E-state index contributed by atoms with van der Waals surface area (Å²) in [5, 5.41) is 0.902. The highest BCUT2D eigenvalue weighted by Gasteiger charge is 2.44. The lowest BCUT2D eigenvalue weighted by Crippen LogP contribution is -2.51. The molecule has 190 valence electrons. The quantitative estimate of drug-likeness (QED) is 0.267. The van der Waals surface area contributed by atoms with E-state index in [0.29, 0.717) is 29.0 Å². The topological polar surface area (TPSA) is 63.0 Å². The molecule has 10 heteroatoms. The van der Waals surface area contributed by atoms with Crippen LogP contribution in [0.5, 0.6) is 0 Å². The molecule has 2 aliphatic rings. The number of alkyl halides is 3. The van der Waals surface area contributed by atoms with Crippen LogP contribution in [-0.2, 0) is 20.9 Å². The number of fused-ring (bicyclic) bond motifs is 1. The van der Waals surface area contributed by atoms with Crippen molar-refractivity contribution < 1.29 is 36.3 Å². The number of furan rings is 1. The van der Waals surface area contributed by atoms with Crippen molar-refractivity contribution in [2.75, 3.05) is 31.1 Å². The Morgan fingerprint density at radius 3 is 2.44 bits per heavy atom. The number of anilines is 1. The molecule has 36 heavy (non-hydrogen) atoms. The van der Waals surface area contributed by atoms with Crippen LogP contribution in [0.1, 0.15) is 24.8 Å². The highest BCUT2D eigenvalue weighted by Crippen LogP contribution is 2.33. The second kappa shape index (κ2) is 9.57. The van der Waals surface area contributed by atoms with Gasteiger partial charge in [0.15, 0.2) is 0 Å². The molecule has 0 spiro atoms. The van der Waals surface area contributed by atoms with E-state index in [-0.39, 0.29) is 13.1 Å². The Kier molecular flexibility index (Phi) is 6.46. The Bertz CT molecular complexity index is 1290. The van der Waals surface area contributed by atoms with Crippen molar-refractivity contribution in [3.63, 3.8) is 0 Å². The molecular weight excluding hydrogens is 480 g/mol. The van der Waals surface area contributed by atoms with Crippen LogP contribution >= 0.6 is 0 Å². The van der Waals surface area contributed by atoms with E-state index in [1.54, 1.807) is 17.0 Å². The molecule has 0 saturated carbocycles. The molecule has 2 saturated heterocycles. The van der Waals surface area contributed by atoms with Crippen LogP contribution < -0.4 is 4.90 Å². The third kappa shape index (κ3) is 5.09. The fraction of sp³-hybridized carbons (Fsp3) is 0.385. The first-order chi connectivity index (χ1) is 17.2. The SMILES string of the molecule is O=C(OC(=O)C(F)(F)F)C1CN(Cc2ccc(-c3cc4cc(N5CCCCC5)ccc4o3)c(F)c2)C1. The summed E-state index contributed by atoms with van der Waals surface area (Å²) < 4.78 is 61.4. The minimum absolute atomic E-state index is 0.121. The number of likely N-dealkylation sites (tertiary alicyclic amines) is 1. The number of benzene rings is 2. The van der Waals surface area contributed by atoms with Gasteiger partial charge in [-0.25, -0.2) is 9.18 Å². The van der Waals surface area contributed by atoms with E-state index in [1.807, 2.05) is 18.2 Å². The summed E-state index contributed by atoms with van der Waals surface area (Å²) >= 11 is 0. The molecule has 6 nitrogen and oxygen atoms in total. The largest absolute Gasteiger partial charge is 0.491 e. The van der Waals surface area contributed by atoms with Gasteiger partial charge in [-0.15, -0.1) is 0 Å². The molecule has 0 unspecified atom stereocenters. The number of carbonyl (C=O) groups excluding carboxylic acids is 2. The first-order valence-electron chi connectivity index (χ1n) is 11.8. The first kappa shape index (κ1) is 24.3. The van der Waals surface area contributed by atoms with E-state index in [4.69, 9.17) is 4.42 Å². The number of rotatable bonds is 5. The zero-order valence-electron chi connectivity index (χ0n) is 19.3. The molecule has 2 fully saturated rings. The van der Waals surface area contributed by atoms with Crippen molar-refractivity contribution >= 4 is 28.6 Å². The number of ether oxygens (including phenoxy) is 1. The van der Waals surface area contributed by atoms with Crippen LogP contribution in [0, 0.1) is 11.7 Å². The second-order valence-electron chi connectivity index (χ2n) is 9.29. The molecule has 2 aliphatic heterocycles. The van der Waals surface area contributed by atoms with Crippen LogP contribution in [0.4, 0.5) is 23.2 Å².